The van der Waals surface area contributed by atoms with Gasteiger partial charge in [-0.25, -0.2) is 0 Å². The Morgan fingerprint density at radius 1 is 1.59 bits per heavy atom. The molecule has 17 heavy (non-hydrogen) atoms. The molecule has 0 bridgehead atoms. The number of carbonyl (C=O) groups is 1. The Kier molecular flexibility index (Phi) is 3.36. The van der Waals surface area contributed by atoms with Crippen molar-refractivity contribution in [2.75, 3.05) is 6.54 Å². The van der Waals surface area contributed by atoms with Gasteiger partial charge < -0.3 is 11.1 Å². The van der Waals surface area contributed by atoms with Crippen LogP contribution in [0.25, 0.3) is 0 Å². The first kappa shape index (κ1) is 13.1. The van der Waals surface area contributed by atoms with Gasteiger partial charge >= 0.3 is 0 Å². The standard InChI is InChI=1S/C12H17BrN2OS/c1-11(2,8-3-4-9(13)17-8)7-15-10(16)12(14)5-6-12/h3-4H,5-7,14H2,1-2H3,(H,15,16). The van der Waals surface area contributed by atoms with Crippen molar-refractivity contribution in [3.05, 3.63) is 20.8 Å². The predicted octanol–water partition coefficient (Wildman–Crippen LogP) is 2.40. The molecule has 0 spiro atoms. The second-order valence-electron chi connectivity index (χ2n) is 5.33. The average Bonchev–Trinajstić information content (AvgIpc) is 2.84. The molecule has 2 rings (SSSR count). The molecule has 1 saturated carbocycles. The van der Waals surface area contributed by atoms with Gasteiger partial charge in [0.2, 0.25) is 5.91 Å². The minimum Gasteiger partial charge on any atom is -0.354 e. The summed E-state index contributed by atoms with van der Waals surface area (Å²) in [6, 6.07) is 4.13. The summed E-state index contributed by atoms with van der Waals surface area (Å²) in [6.07, 6.45) is 1.62. The van der Waals surface area contributed by atoms with Crippen LogP contribution in [0.1, 0.15) is 31.6 Å². The van der Waals surface area contributed by atoms with Gasteiger partial charge in [0, 0.05) is 16.8 Å². The summed E-state index contributed by atoms with van der Waals surface area (Å²) in [5.74, 6) is -0.0128. The van der Waals surface area contributed by atoms with Gasteiger partial charge in [-0.05, 0) is 40.9 Å². The second-order valence-corrected chi connectivity index (χ2v) is 7.79. The fraction of sp³-hybridized carbons (Fsp3) is 0.583. The maximum Gasteiger partial charge on any atom is 0.240 e. The number of halogens is 1. The number of nitrogens with one attached hydrogen (secondary N) is 1. The Labute approximate surface area is 114 Å². The number of rotatable bonds is 4. The molecule has 0 unspecified atom stereocenters. The van der Waals surface area contributed by atoms with E-state index in [4.69, 9.17) is 5.73 Å². The summed E-state index contributed by atoms with van der Waals surface area (Å²) < 4.78 is 1.12. The summed E-state index contributed by atoms with van der Waals surface area (Å²) in [4.78, 5) is 13.0. The third-order valence-electron chi connectivity index (χ3n) is 3.17. The summed E-state index contributed by atoms with van der Waals surface area (Å²) in [5.41, 5.74) is 5.21. The zero-order chi connectivity index (χ0) is 12.7. The highest BCUT2D eigenvalue weighted by Gasteiger charge is 2.46. The second kappa shape index (κ2) is 4.37. The smallest absolute Gasteiger partial charge is 0.240 e. The van der Waals surface area contributed by atoms with Crippen LogP contribution in [0, 0.1) is 0 Å². The molecule has 3 N–H and O–H groups in total. The quantitative estimate of drug-likeness (QED) is 0.896. The number of amides is 1. The summed E-state index contributed by atoms with van der Waals surface area (Å²) in [5, 5.41) is 2.96. The van der Waals surface area contributed by atoms with Gasteiger partial charge in [-0.15, -0.1) is 11.3 Å². The van der Waals surface area contributed by atoms with Crippen LogP contribution in [0.15, 0.2) is 15.9 Å². The van der Waals surface area contributed by atoms with E-state index in [0.717, 1.165) is 16.6 Å². The van der Waals surface area contributed by atoms with E-state index in [1.54, 1.807) is 11.3 Å². The van der Waals surface area contributed by atoms with Crippen LogP contribution in [-0.4, -0.2) is 18.0 Å². The summed E-state index contributed by atoms with van der Waals surface area (Å²) in [6.45, 7) is 4.88. The highest BCUT2D eigenvalue weighted by molar-refractivity contribution is 9.11. The maximum absolute atomic E-state index is 11.8. The van der Waals surface area contributed by atoms with Crippen molar-refractivity contribution in [3.63, 3.8) is 0 Å². The Bertz CT molecular complexity index is 437. The van der Waals surface area contributed by atoms with Crippen molar-refractivity contribution in [2.24, 2.45) is 5.73 Å². The number of nitrogens with two attached hydrogens (primary N) is 1. The van der Waals surface area contributed by atoms with Gasteiger partial charge in [0.15, 0.2) is 0 Å². The van der Waals surface area contributed by atoms with Crippen LogP contribution in [-0.2, 0) is 10.2 Å². The van der Waals surface area contributed by atoms with Crippen molar-refractivity contribution >= 4 is 33.2 Å². The molecular formula is C12H17BrN2OS. The van der Waals surface area contributed by atoms with E-state index in [9.17, 15) is 4.79 Å². The van der Waals surface area contributed by atoms with Gasteiger partial charge in [0.05, 0.1) is 9.33 Å². The molecule has 0 radical (unpaired) electrons. The molecule has 3 nitrogen and oxygen atoms in total. The van der Waals surface area contributed by atoms with Crippen molar-refractivity contribution in [1.82, 2.24) is 5.32 Å². The fourth-order valence-corrected chi connectivity index (χ4v) is 3.09. The molecule has 0 atom stereocenters. The fourth-order valence-electron chi connectivity index (χ4n) is 1.60. The lowest BCUT2D eigenvalue weighted by Gasteiger charge is -2.24. The molecule has 1 aromatic heterocycles. The van der Waals surface area contributed by atoms with Crippen LogP contribution in [0.5, 0.6) is 0 Å². The van der Waals surface area contributed by atoms with Crippen molar-refractivity contribution in [1.29, 1.82) is 0 Å². The van der Waals surface area contributed by atoms with E-state index in [0.29, 0.717) is 6.54 Å². The van der Waals surface area contributed by atoms with E-state index < -0.39 is 5.54 Å². The first-order valence-electron chi connectivity index (χ1n) is 5.66. The Morgan fingerprint density at radius 3 is 2.71 bits per heavy atom. The number of hydrogen-bond acceptors (Lipinski definition) is 3. The Hall–Kier alpha value is -0.390. The lowest BCUT2D eigenvalue weighted by atomic mass is 9.91. The molecular weight excluding hydrogens is 300 g/mol. The van der Waals surface area contributed by atoms with Crippen molar-refractivity contribution in [3.8, 4) is 0 Å². The summed E-state index contributed by atoms with van der Waals surface area (Å²) >= 11 is 5.16. The van der Waals surface area contributed by atoms with Crippen molar-refractivity contribution < 1.29 is 4.79 Å². The van der Waals surface area contributed by atoms with Gasteiger partial charge in [0.25, 0.3) is 0 Å². The zero-order valence-electron chi connectivity index (χ0n) is 10.0. The van der Waals surface area contributed by atoms with Crippen LogP contribution in [0.4, 0.5) is 0 Å². The SMILES string of the molecule is CC(C)(CNC(=O)C1(N)CC1)c1ccc(Br)s1. The first-order valence-corrected chi connectivity index (χ1v) is 7.27. The molecule has 1 fully saturated rings. The molecule has 1 amide bonds. The highest BCUT2D eigenvalue weighted by Crippen LogP contribution is 2.34. The van der Waals surface area contributed by atoms with Crippen LogP contribution >= 0.6 is 27.3 Å². The van der Waals surface area contributed by atoms with Crippen molar-refractivity contribution in [2.45, 2.75) is 37.6 Å². The lowest BCUT2D eigenvalue weighted by Crippen LogP contribution is -2.46. The van der Waals surface area contributed by atoms with E-state index in [2.05, 4.69) is 41.2 Å². The predicted molar refractivity (Wildman–Crippen MR) is 74.2 cm³/mol. The molecule has 0 aromatic carbocycles. The number of thiophene rings is 1. The molecule has 0 saturated heterocycles. The minimum absolute atomic E-state index is 0.0128. The molecule has 0 aliphatic heterocycles. The van der Waals surface area contributed by atoms with Gasteiger partial charge in [-0.3, -0.25) is 4.79 Å². The van der Waals surface area contributed by atoms with Gasteiger partial charge in [-0.2, -0.15) is 0 Å². The van der Waals surface area contributed by atoms with E-state index in [-0.39, 0.29) is 11.3 Å². The van der Waals surface area contributed by atoms with Gasteiger partial charge in [0.1, 0.15) is 0 Å². The van der Waals surface area contributed by atoms with E-state index in [1.165, 1.54) is 4.88 Å². The van der Waals surface area contributed by atoms with Crippen LogP contribution in [0.2, 0.25) is 0 Å². The van der Waals surface area contributed by atoms with Crippen LogP contribution in [0.3, 0.4) is 0 Å². The van der Waals surface area contributed by atoms with Gasteiger partial charge in [-0.1, -0.05) is 13.8 Å². The largest absolute Gasteiger partial charge is 0.354 e. The normalized spacial score (nSPS) is 17.9. The third kappa shape index (κ3) is 2.89. The lowest BCUT2D eigenvalue weighted by molar-refractivity contribution is -0.123. The highest BCUT2D eigenvalue weighted by atomic mass is 79.9. The molecule has 94 valence electrons. The first-order chi connectivity index (χ1) is 7.83. The zero-order valence-corrected chi connectivity index (χ0v) is 12.5. The third-order valence-corrected chi connectivity index (χ3v) is 5.16. The van der Waals surface area contributed by atoms with Crippen LogP contribution < -0.4 is 11.1 Å². The Morgan fingerprint density at radius 2 is 2.24 bits per heavy atom. The summed E-state index contributed by atoms with van der Waals surface area (Å²) in [7, 11) is 0. The average molecular weight is 317 g/mol. The molecule has 1 heterocycles. The topological polar surface area (TPSA) is 55.1 Å². The number of carbonyl (C=O) groups excluding carboxylic acids is 1. The van der Waals surface area contributed by atoms with E-state index in [1.807, 2.05) is 6.07 Å². The molecule has 1 aromatic rings. The maximum atomic E-state index is 11.8. The Balaban J connectivity index is 1.95. The molecule has 5 heteroatoms. The van der Waals surface area contributed by atoms with E-state index >= 15 is 0 Å². The monoisotopic (exact) mass is 316 g/mol. The minimum atomic E-state index is -0.577. The molecule has 1 aliphatic rings. The molecule has 1 aliphatic carbocycles. The number of hydrogen-bond donors (Lipinski definition) is 2.